The molecule has 0 N–H and O–H groups in total. The van der Waals surface area contributed by atoms with E-state index >= 15 is 0 Å². The van der Waals surface area contributed by atoms with Crippen LogP contribution in [0.25, 0.3) is 0 Å². The first-order valence-electron chi connectivity index (χ1n) is 5.93. The molecule has 1 aromatic rings. The minimum atomic E-state index is 0.468. The summed E-state index contributed by atoms with van der Waals surface area (Å²) in [5, 5.41) is 8.66. The molecule has 0 aliphatic carbocycles. The number of rotatable bonds is 3. The number of hydrogen-bond donors (Lipinski definition) is 0. The summed E-state index contributed by atoms with van der Waals surface area (Å²) in [7, 11) is 0. The SMILES string of the molecule is N#CCCN1CCCCC1c1cccnc1. The normalized spacial score (nSPS) is 21.6. The van der Waals surface area contributed by atoms with Gasteiger partial charge in [-0.25, -0.2) is 0 Å². The summed E-state index contributed by atoms with van der Waals surface area (Å²) >= 11 is 0. The molecule has 1 aliphatic heterocycles. The highest BCUT2D eigenvalue weighted by atomic mass is 15.2. The third-order valence-corrected chi connectivity index (χ3v) is 3.19. The summed E-state index contributed by atoms with van der Waals surface area (Å²) in [4.78, 5) is 6.60. The highest BCUT2D eigenvalue weighted by Gasteiger charge is 2.23. The van der Waals surface area contributed by atoms with E-state index in [0.29, 0.717) is 12.5 Å². The van der Waals surface area contributed by atoms with Gasteiger partial charge in [-0.05, 0) is 31.0 Å². The average Bonchev–Trinajstić information content (AvgIpc) is 2.38. The predicted molar refractivity (Wildman–Crippen MR) is 62.6 cm³/mol. The van der Waals surface area contributed by atoms with Crippen molar-refractivity contribution >= 4 is 0 Å². The van der Waals surface area contributed by atoms with Crippen LogP contribution in [-0.2, 0) is 0 Å². The zero-order chi connectivity index (χ0) is 11.2. The average molecular weight is 215 g/mol. The zero-order valence-electron chi connectivity index (χ0n) is 9.47. The van der Waals surface area contributed by atoms with Crippen molar-refractivity contribution in [3.63, 3.8) is 0 Å². The number of hydrogen-bond acceptors (Lipinski definition) is 3. The fourth-order valence-corrected chi connectivity index (χ4v) is 2.40. The van der Waals surface area contributed by atoms with Gasteiger partial charge < -0.3 is 0 Å². The van der Waals surface area contributed by atoms with Gasteiger partial charge in [-0.2, -0.15) is 5.26 Å². The second kappa shape index (κ2) is 5.62. The quantitative estimate of drug-likeness (QED) is 0.777. The Bertz CT molecular complexity index is 355. The number of aromatic nitrogens is 1. The van der Waals surface area contributed by atoms with Crippen LogP contribution in [-0.4, -0.2) is 23.0 Å². The number of piperidine rings is 1. The molecule has 1 saturated heterocycles. The molecule has 1 aliphatic rings. The van der Waals surface area contributed by atoms with Gasteiger partial charge in [-0.15, -0.1) is 0 Å². The lowest BCUT2D eigenvalue weighted by Crippen LogP contribution is -2.34. The van der Waals surface area contributed by atoms with E-state index in [1.165, 1.54) is 24.8 Å². The molecule has 1 atom stereocenters. The molecule has 16 heavy (non-hydrogen) atoms. The number of nitriles is 1. The molecule has 3 nitrogen and oxygen atoms in total. The number of likely N-dealkylation sites (tertiary alicyclic amines) is 1. The third-order valence-electron chi connectivity index (χ3n) is 3.19. The molecule has 0 bridgehead atoms. The molecule has 2 heterocycles. The van der Waals surface area contributed by atoms with Crippen molar-refractivity contribution in [2.45, 2.75) is 31.7 Å². The maximum absolute atomic E-state index is 8.66. The molecule has 0 aromatic carbocycles. The van der Waals surface area contributed by atoms with E-state index in [4.69, 9.17) is 5.26 Å². The fourth-order valence-electron chi connectivity index (χ4n) is 2.40. The first-order chi connectivity index (χ1) is 7.92. The van der Waals surface area contributed by atoms with E-state index in [9.17, 15) is 0 Å². The molecule has 0 amide bonds. The van der Waals surface area contributed by atoms with Crippen molar-refractivity contribution in [3.8, 4) is 6.07 Å². The molecule has 3 heteroatoms. The monoisotopic (exact) mass is 215 g/mol. The maximum Gasteiger partial charge on any atom is 0.0635 e. The summed E-state index contributed by atoms with van der Waals surface area (Å²) in [6, 6.07) is 6.83. The van der Waals surface area contributed by atoms with Crippen LogP contribution in [0.1, 0.15) is 37.3 Å². The first-order valence-corrected chi connectivity index (χ1v) is 5.93. The van der Waals surface area contributed by atoms with Crippen molar-refractivity contribution < 1.29 is 0 Å². The molecule has 1 aromatic heterocycles. The lowest BCUT2D eigenvalue weighted by atomic mass is 9.96. The Balaban J connectivity index is 2.08. The van der Waals surface area contributed by atoms with Gasteiger partial charge in [0.2, 0.25) is 0 Å². The summed E-state index contributed by atoms with van der Waals surface area (Å²) in [6.07, 6.45) is 8.11. The predicted octanol–water partition coefficient (Wildman–Crippen LogP) is 2.52. The molecular weight excluding hydrogens is 198 g/mol. The Morgan fingerprint density at radius 1 is 1.50 bits per heavy atom. The highest BCUT2D eigenvalue weighted by Crippen LogP contribution is 2.30. The second-order valence-corrected chi connectivity index (χ2v) is 4.24. The molecule has 1 unspecified atom stereocenters. The van der Waals surface area contributed by atoms with Crippen molar-refractivity contribution in [1.29, 1.82) is 5.26 Å². The molecule has 0 spiro atoms. The largest absolute Gasteiger partial charge is 0.295 e. The van der Waals surface area contributed by atoms with Gasteiger partial charge in [0.25, 0.3) is 0 Å². The highest BCUT2D eigenvalue weighted by molar-refractivity contribution is 5.14. The molecule has 0 radical (unpaired) electrons. The van der Waals surface area contributed by atoms with Crippen molar-refractivity contribution in [2.24, 2.45) is 0 Å². The standard InChI is InChI=1S/C13H17N3/c14-7-4-10-16-9-2-1-6-13(16)12-5-3-8-15-11-12/h3,5,8,11,13H,1-2,4,6,9-10H2. The van der Waals surface area contributed by atoms with Crippen LogP contribution < -0.4 is 0 Å². The van der Waals surface area contributed by atoms with E-state index in [0.717, 1.165) is 13.1 Å². The first kappa shape index (κ1) is 11.1. The number of nitrogens with zero attached hydrogens (tertiary/aromatic N) is 3. The van der Waals surface area contributed by atoms with E-state index < -0.39 is 0 Å². The third kappa shape index (κ3) is 2.59. The fraction of sp³-hybridized carbons (Fsp3) is 0.538. The van der Waals surface area contributed by atoms with E-state index in [1.807, 2.05) is 18.5 Å². The molecule has 84 valence electrons. The lowest BCUT2D eigenvalue weighted by Gasteiger charge is -2.35. The van der Waals surface area contributed by atoms with Crippen LogP contribution in [0, 0.1) is 11.3 Å². The van der Waals surface area contributed by atoms with Gasteiger partial charge in [-0.3, -0.25) is 9.88 Å². The Kier molecular flexibility index (Phi) is 3.90. The zero-order valence-corrected chi connectivity index (χ0v) is 9.47. The van der Waals surface area contributed by atoms with E-state index in [-0.39, 0.29) is 0 Å². The second-order valence-electron chi connectivity index (χ2n) is 4.24. The smallest absolute Gasteiger partial charge is 0.0635 e. The van der Waals surface area contributed by atoms with Gasteiger partial charge in [0.1, 0.15) is 0 Å². The van der Waals surface area contributed by atoms with Gasteiger partial charge in [0.15, 0.2) is 0 Å². The topological polar surface area (TPSA) is 39.9 Å². The summed E-state index contributed by atoms with van der Waals surface area (Å²) in [5.41, 5.74) is 1.29. The van der Waals surface area contributed by atoms with Gasteiger partial charge >= 0.3 is 0 Å². The van der Waals surface area contributed by atoms with Crippen LogP contribution in [0.3, 0.4) is 0 Å². The summed E-state index contributed by atoms with van der Waals surface area (Å²) < 4.78 is 0. The van der Waals surface area contributed by atoms with Gasteiger partial charge in [0.05, 0.1) is 6.07 Å². The summed E-state index contributed by atoms with van der Waals surface area (Å²) in [6.45, 7) is 2.00. The van der Waals surface area contributed by atoms with Crippen LogP contribution in [0.15, 0.2) is 24.5 Å². The van der Waals surface area contributed by atoms with E-state index in [2.05, 4.69) is 22.0 Å². The van der Waals surface area contributed by atoms with Crippen LogP contribution >= 0.6 is 0 Å². The minimum absolute atomic E-state index is 0.468. The van der Waals surface area contributed by atoms with Crippen molar-refractivity contribution in [1.82, 2.24) is 9.88 Å². The lowest BCUT2D eigenvalue weighted by molar-refractivity contribution is 0.152. The van der Waals surface area contributed by atoms with Gasteiger partial charge in [0, 0.05) is 31.4 Å². The molecule has 2 rings (SSSR count). The Labute approximate surface area is 96.7 Å². The van der Waals surface area contributed by atoms with Crippen LogP contribution in [0.5, 0.6) is 0 Å². The molecular formula is C13H17N3. The van der Waals surface area contributed by atoms with E-state index in [1.54, 1.807) is 0 Å². The van der Waals surface area contributed by atoms with Crippen LogP contribution in [0.2, 0.25) is 0 Å². The maximum atomic E-state index is 8.66. The Morgan fingerprint density at radius 2 is 2.44 bits per heavy atom. The Hall–Kier alpha value is -1.40. The van der Waals surface area contributed by atoms with Gasteiger partial charge in [-0.1, -0.05) is 12.5 Å². The molecule has 0 saturated carbocycles. The van der Waals surface area contributed by atoms with Crippen molar-refractivity contribution in [2.75, 3.05) is 13.1 Å². The minimum Gasteiger partial charge on any atom is -0.295 e. The van der Waals surface area contributed by atoms with Crippen LogP contribution in [0.4, 0.5) is 0 Å². The Morgan fingerprint density at radius 3 is 3.19 bits per heavy atom. The summed E-state index contributed by atoms with van der Waals surface area (Å²) in [5.74, 6) is 0. The molecule has 1 fully saturated rings. The number of pyridine rings is 1. The van der Waals surface area contributed by atoms with Crippen molar-refractivity contribution in [3.05, 3.63) is 30.1 Å².